The second-order valence-electron chi connectivity index (χ2n) is 5.28. The molecule has 19 heavy (non-hydrogen) atoms. The smallest absolute Gasteiger partial charge is 0.127 e. The molecule has 106 valence electrons. The third-order valence-electron chi connectivity index (χ3n) is 3.60. The van der Waals surface area contributed by atoms with Crippen molar-refractivity contribution in [3.63, 3.8) is 0 Å². The van der Waals surface area contributed by atoms with E-state index in [1.807, 2.05) is 13.2 Å². The lowest BCUT2D eigenvalue weighted by molar-refractivity contribution is 0.229. The Labute approximate surface area is 116 Å². The molecule has 0 atom stereocenters. The third-order valence-corrected chi connectivity index (χ3v) is 3.60. The SMILES string of the molecule is CNc1cc(N2CCN(CCN(C)C)CC2)ccn1. The molecule has 1 fully saturated rings. The number of hydrogen-bond donors (Lipinski definition) is 1. The van der Waals surface area contributed by atoms with E-state index in [1.165, 1.54) is 12.2 Å². The second kappa shape index (κ2) is 6.73. The van der Waals surface area contributed by atoms with Gasteiger partial charge in [-0.25, -0.2) is 4.98 Å². The van der Waals surface area contributed by atoms with E-state index in [-0.39, 0.29) is 0 Å². The van der Waals surface area contributed by atoms with Crippen LogP contribution in [0.25, 0.3) is 0 Å². The molecule has 0 amide bonds. The van der Waals surface area contributed by atoms with E-state index in [1.54, 1.807) is 0 Å². The van der Waals surface area contributed by atoms with Gasteiger partial charge in [-0.05, 0) is 20.2 Å². The largest absolute Gasteiger partial charge is 0.373 e. The lowest BCUT2D eigenvalue weighted by Crippen LogP contribution is -2.48. The lowest BCUT2D eigenvalue weighted by atomic mass is 10.2. The summed E-state index contributed by atoms with van der Waals surface area (Å²) in [5, 5.41) is 3.09. The molecular weight excluding hydrogens is 238 g/mol. The molecule has 1 aliphatic heterocycles. The number of rotatable bonds is 5. The maximum absolute atomic E-state index is 4.26. The zero-order valence-corrected chi connectivity index (χ0v) is 12.3. The Hall–Kier alpha value is -1.33. The highest BCUT2D eigenvalue weighted by molar-refractivity contribution is 5.53. The van der Waals surface area contributed by atoms with E-state index in [4.69, 9.17) is 0 Å². The van der Waals surface area contributed by atoms with Gasteiger partial charge in [0.1, 0.15) is 5.82 Å². The number of anilines is 2. The van der Waals surface area contributed by atoms with Crippen molar-refractivity contribution in [2.75, 3.05) is 70.6 Å². The summed E-state index contributed by atoms with van der Waals surface area (Å²) in [6.45, 7) is 6.79. The molecule has 1 aromatic heterocycles. The first-order valence-corrected chi connectivity index (χ1v) is 6.95. The highest BCUT2D eigenvalue weighted by atomic mass is 15.3. The van der Waals surface area contributed by atoms with Crippen molar-refractivity contribution in [1.29, 1.82) is 0 Å². The molecule has 0 bridgehead atoms. The Bertz CT molecular complexity index is 385. The van der Waals surface area contributed by atoms with Gasteiger partial charge in [-0.15, -0.1) is 0 Å². The maximum atomic E-state index is 4.26. The van der Waals surface area contributed by atoms with Gasteiger partial charge in [0, 0.05) is 64.3 Å². The fourth-order valence-electron chi connectivity index (χ4n) is 2.32. The minimum Gasteiger partial charge on any atom is -0.373 e. The highest BCUT2D eigenvalue weighted by Crippen LogP contribution is 2.18. The van der Waals surface area contributed by atoms with E-state index in [0.717, 1.165) is 38.5 Å². The van der Waals surface area contributed by atoms with Crippen LogP contribution in [0.2, 0.25) is 0 Å². The number of hydrogen-bond acceptors (Lipinski definition) is 5. The first-order valence-electron chi connectivity index (χ1n) is 6.95. The monoisotopic (exact) mass is 263 g/mol. The van der Waals surface area contributed by atoms with Crippen molar-refractivity contribution in [3.05, 3.63) is 18.3 Å². The molecule has 1 aromatic rings. The molecule has 2 heterocycles. The van der Waals surface area contributed by atoms with Crippen molar-refractivity contribution in [2.45, 2.75) is 0 Å². The third kappa shape index (κ3) is 4.08. The van der Waals surface area contributed by atoms with E-state index in [0.29, 0.717) is 0 Å². The van der Waals surface area contributed by atoms with Crippen LogP contribution in [-0.4, -0.2) is 75.2 Å². The number of nitrogens with zero attached hydrogens (tertiary/aromatic N) is 4. The first-order chi connectivity index (χ1) is 9.19. The average molecular weight is 263 g/mol. The summed E-state index contributed by atoms with van der Waals surface area (Å²) in [4.78, 5) is 11.5. The molecule has 5 nitrogen and oxygen atoms in total. The van der Waals surface area contributed by atoms with Gasteiger partial charge >= 0.3 is 0 Å². The van der Waals surface area contributed by atoms with Crippen LogP contribution >= 0.6 is 0 Å². The molecule has 1 N–H and O–H groups in total. The van der Waals surface area contributed by atoms with Crippen molar-refractivity contribution in [1.82, 2.24) is 14.8 Å². The lowest BCUT2D eigenvalue weighted by Gasteiger charge is -2.36. The standard InChI is InChI=1S/C14H25N5/c1-15-14-12-13(4-5-16-14)19-10-8-18(9-11-19)7-6-17(2)3/h4-5,12H,6-11H2,1-3H3,(H,15,16). The highest BCUT2D eigenvalue weighted by Gasteiger charge is 2.17. The van der Waals surface area contributed by atoms with Crippen LogP contribution in [-0.2, 0) is 0 Å². The first kappa shape index (κ1) is 14.1. The van der Waals surface area contributed by atoms with Crippen LogP contribution in [0.5, 0.6) is 0 Å². The van der Waals surface area contributed by atoms with Crippen LogP contribution in [0.3, 0.4) is 0 Å². The summed E-state index contributed by atoms with van der Waals surface area (Å²) in [7, 11) is 6.17. The van der Waals surface area contributed by atoms with Crippen molar-refractivity contribution < 1.29 is 0 Å². The van der Waals surface area contributed by atoms with Gasteiger partial charge in [0.2, 0.25) is 0 Å². The fourth-order valence-corrected chi connectivity index (χ4v) is 2.32. The Kier molecular flexibility index (Phi) is 4.99. The average Bonchev–Trinajstić information content (AvgIpc) is 2.45. The van der Waals surface area contributed by atoms with E-state index in [2.05, 4.69) is 51.2 Å². The predicted octanol–water partition coefficient (Wildman–Crippen LogP) is 0.807. The molecule has 0 aliphatic carbocycles. The molecule has 1 aliphatic rings. The minimum absolute atomic E-state index is 0.938. The normalized spacial score (nSPS) is 16.9. The summed E-state index contributed by atoms with van der Waals surface area (Å²) in [5.41, 5.74) is 1.27. The van der Waals surface area contributed by atoms with Crippen molar-refractivity contribution in [2.24, 2.45) is 0 Å². The molecule has 5 heteroatoms. The summed E-state index contributed by atoms with van der Waals surface area (Å²) in [6.07, 6.45) is 1.87. The van der Waals surface area contributed by atoms with E-state index in [9.17, 15) is 0 Å². The molecule has 1 saturated heterocycles. The van der Waals surface area contributed by atoms with Crippen LogP contribution < -0.4 is 10.2 Å². The molecule has 0 radical (unpaired) electrons. The molecule has 0 spiro atoms. The Balaban J connectivity index is 1.85. The van der Waals surface area contributed by atoms with E-state index < -0.39 is 0 Å². The summed E-state index contributed by atoms with van der Waals surface area (Å²) in [5.74, 6) is 0.938. The van der Waals surface area contributed by atoms with Gasteiger partial charge in [0.25, 0.3) is 0 Å². The van der Waals surface area contributed by atoms with Crippen molar-refractivity contribution in [3.8, 4) is 0 Å². The Morgan fingerprint density at radius 2 is 2.00 bits per heavy atom. The molecular formula is C14H25N5. The maximum Gasteiger partial charge on any atom is 0.127 e. The molecule has 0 aromatic carbocycles. The Morgan fingerprint density at radius 1 is 1.26 bits per heavy atom. The van der Waals surface area contributed by atoms with Crippen LogP contribution in [0.15, 0.2) is 18.3 Å². The van der Waals surface area contributed by atoms with Crippen molar-refractivity contribution >= 4 is 11.5 Å². The van der Waals surface area contributed by atoms with Gasteiger partial charge in [-0.3, -0.25) is 4.90 Å². The van der Waals surface area contributed by atoms with Crippen LogP contribution in [0, 0.1) is 0 Å². The number of likely N-dealkylation sites (N-methyl/N-ethyl adjacent to an activating group) is 1. The van der Waals surface area contributed by atoms with Gasteiger partial charge in [0.15, 0.2) is 0 Å². The molecule has 0 saturated carbocycles. The summed E-state index contributed by atoms with van der Waals surface area (Å²) in [6, 6.07) is 4.21. The number of aromatic nitrogens is 1. The Morgan fingerprint density at radius 3 is 2.63 bits per heavy atom. The predicted molar refractivity (Wildman–Crippen MR) is 81.0 cm³/mol. The molecule has 2 rings (SSSR count). The topological polar surface area (TPSA) is 34.6 Å². The second-order valence-corrected chi connectivity index (χ2v) is 5.28. The van der Waals surface area contributed by atoms with Gasteiger partial charge in [0.05, 0.1) is 0 Å². The van der Waals surface area contributed by atoms with Gasteiger partial charge in [-0.2, -0.15) is 0 Å². The van der Waals surface area contributed by atoms with Crippen LogP contribution in [0.4, 0.5) is 11.5 Å². The summed E-state index contributed by atoms with van der Waals surface area (Å²) >= 11 is 0. The number of nitrogens with one attached hydrogen (secondary N) is 1. The zero-order chi connectivity index (χ0) is 13.7. The quantitative estimate of drug-likeness (QED) is 0.850. The summed E-state index contributed by atoms with van der Waals surface area (Å²) < 4.78 is 0. The van der Waals surface area contributed by atoms with Crippen LogP contribution in [0.1, 0.15) is 0 Å². The molecule has 0 unspecified atom stereocenters. The van der Waals surface area contributed by atoms with E-state index >= 15 is 0 Å². The minimum atomic E-state index is 0.938. The van der Waals surface area contributed by atoms with Gasteiger partial charge < -0.3 is 15.1 Å². The zero-order valence-electron chi connectivity index (χ0n) is 12.3. The number of pyridine rings is 1. The fraction of sp³-hybridized carbons (Fsp3) is 0.643. The van der Waals surface area contributed by atoms with Gasteiger partial charge in [-0.1, -0.05) is 0 Å². The number of piperazine rings is 1.